The lowest BCUT2D eigenvalue weighted by molar-refractivity contribution is 0.0536. The number of allylic oxidation sites excluding steroid dienone is 1. The molecular weight excluding hydrogens is 378 g/mol. The molecule has 0 saturated carbocycles. The molecule has 0 radical (unpaired) electrons. The zero-order chi connectivity index (χ0) is 20.6. The lowest BCUT2D eigenvalue weighted by Gasteiger charge is -2.46. The molecule has 2 heterocycles. The summed E-state index contributed by atoms with van der Waals surface area (Å²) < 4.78 is 0. The molecule has 2 fully saturated rings. The van der Waals surface area contributed by atoms with Crippen LogP contribution < -0.4 is 5.32 Å². The Hall–Kier alpha value is -0.870. The van der Waals surface area contributed by atoms with E-state index in [0.717, 1.165) is 30.5 Å². The van der Waals surface area contributed by atoms with Crippen LogP contribution in [0.15, 0.2) is 29.8 Å². The SMILES string of the molecule is CC1=CC(N2CCC(N3CCNC(C(C)(C)C)C3)CC2)c2ccc(Cl)cc2CC1. The second-order valence-electron chi connectivity index (χ2n) is 10.4. The largest absolute Gasteiger partial charge is 0.311 e. The van der Waals surface area contributed by atoms with Gasteiger partial charge >= 0.3 is 0 Å². The molecule has 1 aromatic rings. The van der Waals surface area contributed by atoms with Gasteiger partial charge in [0.2, 0.25) is 0 Å². The Labute approximate surface area is 182 Å². The second-order valence-corrected chi connectivity index (χ2v) is 10.9. The number of hydrogen-bond donors (Lipinski definition) is 1. The summed E-state index contributed by atoms with van der Waals surface area (Å²) >= 11 is 6.31. The number of halogens is 1. The van der Waals surface area contributed by atoms with E-state index in [1.807, 2.05) is 0 Å². The Morgan fingerprint density at radius 3 is 2.52 bits per heavy atom. The van der Waals surface area contributed by atoms with Crippen LogP contribution >= 0.6 is 11.6 Å². The van der Waals surface area contributed by atoms with Crippen LogP contribution in [-0.4, -0.2) is 54.6 Å². The molecule has 1 aliphatic carbocycles. The van der Waals surface area contributed by atoms with Crippen molar-refractivity contribution in [1.29, 1.82) is 0 Å². The van der Waals surface area contributed by atoms with E-state index in [2.05, 4.69) is 67.1 Å². The van der Waals surface area contributed by atoms with E-state index in [4.69, 9.17) is 11.6 Å². The molecule has 4 heteroatoms. The van der Waals surface area contributed by atoms with Gasteiger partial charge < -0.3 is 5.32 Å². The zero-order valence-corrected chi connectivity index (χ0v) is 19.4. The molecule has 3 aliphatic rings. The molecule has 3 nitrogen and oxygen atoms in total. The van der Waals surface area contributed by atoms with Crippen LogP contribution in [0, 0.1) is 5.41 Å². The third kappa shape index (κ3) is 4.90. The molecule has 4 rings (SSSR count). The average molecular weight is 416 g/mol. The Morgan fingerprint density at radius 2 is 1.79 bits per heavy atom. The number of nitrogens with one attached hydrogen (secondary N) is 1. The van der Waals surface area contributed by atoms with E-state index in [-0.39, 0.29) is 0 Å². The molecule has 0 aromatic heterocycles. The maximum Gasteiger partial charge on any atom is 0.0536 e. The highest BCUT2D eigenvalue weighted by atomic mass is 35.5. The standard InChI is InChI=1S/C25H38ClN3/c1-18-5-6-19-16-20(26)7-8-22(19)23(15-18)28-12-9-21(10-13-28)29-14-11-27-24(17-29)25(2,3)4/h7-8,15-16,21,23-24,27H,5-6,9-14,17H2,1-4H3. The smallest absolute Gasteiger partial charge is 0.0536 e. The van der Waals surface area contributed by atoms with Gasteiger partial charge in [0, 0.05) is 49.8 Å². The number of rotatable bonds is 2. The van der Waals surface area contributed by atoms with Crippen LogP contribution in [0.5, 0.6) is 0 Å². The second kappa shape index (κ2) is 8.70. The van der Waals surface area contributed by atoms with Crippen molar-refractivity contribution in [2.45, 2.75) is 71.5 Å². The van der Waals surface area contributed by atoms with Crippen molar-refractivity contribution >= 4 is 11.6 Å². The highest BCUT2D eigenvalue weighted by Crippen LogP contribution is 2.35. The van der Waals surface area contributed by atoms with Gasteiger partial charge in [-0.3, -0.25) is 9.80 Å². The third-order valence-corrected chi connectivity index (χ3v) is 7.55. The third-order valence-electron chi connectivity index (χ3n) is 7.32. The van der Waals surface area contributed by atoms with Gasteiger partial charge in [0.25, 0.3) is 0 Å². The van der Waals surface area contributed by atoms with Crippen molar-refractivity contribution in [3.63, 3.8) is 0 Å². The number of hydrogen-bond acceptors (Lipinski definition) is 3. The van der Waals surface area contributed by atoms with E-state index in [1.165, 1.54) is 55.7 Å². The maximum atomic E-state index is 6.31. The van der Waals surface area contributed by atoms with Gasteiger partial charge in [-0.1, -0.05) is 50.1 Å². The fourth-order valence-corrected chi connectivity index (χ4v) is 5.56. The molecule has 160 valence electrons. The summed E-state index contributed by atoms with van der Waals surface area (Å²) in [6.45, 7) is 15.3. The Kier molecular flexibility index (Phi) is 6.41. The molecule has 0 spiro atoms. The predicted octanol–water partition coefficient (Wildman–Crippen LogP) is 5.06. The van der Waals surface area contributed by atoms with Crippen LogP contribution in [0.25, 0.3) is 0 Å². The van der Waals surface area contributed by atoms with Crippen molar-refractivity contribution in [2.24, 2.45) is 5.41 Å². The minimum atomic E-state index is 0.326. The number of nitrogens with zero attached hydrogens (tertiary/aromatic N) is 2. The lowest BCUT2D eigenvalue weighted by atomic mass is 9.84. The number of benzene rings is 1. The van der Waals surface area contributed by atoms with E-state index in [1.54, 1.807) is 0 Å². The first-order valence-electron chi connectivity index (χ1n) is 11.5. The summed E-state index contributed by atoms with van der Waals surface area (Å²) in [5.74, 6) is 0. The molecular formula is C25H38ClN3. The Morgan fingerprint density at radius 1 is 1.03 bits per heavy atom. The van der Waals surface area contributed by atoms with E-state index in [9.17, 15) is 0 Å². The van der Waals surface area contributed by atoms with Gasteiger partial charge in [-0.2, -0.15) is 0 Å². The van der Waals surface area contributed by atoms with Crippen LogP contribution in [0.1, 0.15) is 64.1 Å². The average Bonchev–Trinajstić information content (AvgIpc) is 2.86. The highest BCUT2D eigenvalue weighted by Gasteiger charge is 2.35. The first kappa shape index (κ1) is 21.4. The van der Waals surface area contributed by atoms with Gasteiger partial charge in [-0.15, -0.1) is 0 Å². The maximum absolute atomic E-state index is 6.31. The van der Waals surface area contributed by atoms with Crippen LogP contribution in [0.3, 0.4) is 0 Å². The summed E-state index contributed by atoms with van der Waals surface area (Å²) in [4.78, 5) is 5.48. The molecule has 2 aliphatic heterocycles. The first-order valence-corrected chi connectivity index (χ1v) is 11.9. The minimum absolute atomic E-state index is 0.326. The number of piperazine rings is 1. The Balaban J connectivity index is 1.44. The molecule has 1 N–H and O–H groups in total. The van der Waals surface area contributed by atoms with Gasteiger partial charge in [0.1, 0.15) is 0 Å². The van der Waals surface area contributed by atoms with Crippen molar-refractivity contribution < 1.29 is 0 Å². The fraction of sp³-hybridized carbons (Fsp3) is 0.680. The van der Waals surface area contributed by atoms with E-state index < -0.39 is 0 Å². The van der Waals surface area contributed by atoms with E-state index in [0.29, 0.717) is 17.5 Å². The molecule has 0 bridgehead atoms. The zero-order valence-electron chi connectivity index (χ0n) is 18.7. The molecule has 29 heavy (non-hydrogen) atoms. The summed E-state index contributed by atoms with van der Waals surface area (Å²) in [5, 5.41) is 4.61. The number of fused-ring (bicyclic) bond motifs is 1. The molecule has 0 amide bonds. The van der Waals surface area contributed by atoms with Gasteiger partial charge in [-0.05, 0) is 61.3 Å². The van der Waals surface area contributed by atoms with Crippen molar-refractivity contribution in [1.82, 2.24) is 15.1 Å². The van der Waals surface area contributed by atoms with Crippen LogP contribution in [-0.2, 0) is 6.42 Å². The van der Waals surface area contributed by atoms with Crippen molar-refractivity contribution in [2.75, 3.05) is 32.7 Å². The van der Waals surface area contributed by atoms with Crippen molar-refractivity contribution in [3.05, 3.63) is 46.0 Å². The number of aryl methyl sites for hydroxylation is 1. The van der Waals surface area contributed by atoms with E-state index >= 15 is 0 Å². The van der Waals surface area contributed by atoms with Gasteiger partial charge in [0.15, 0.2) is 0 Å². The quantitative estimate of drug-likeness (QED) is 0.681. The molecule has 2 saturated heterocycles. The normalized spacial score (nSPS) is 28.0. The monoisotopic (exact) mass is 415 g/mol. The minimum Gasteiger partial charge on any atom is -0.311 e. The Bertz CT molecular complexity index is 743. The lowest BCUT2D eigenvalue weighted by Crippen LogP contribution is -2.59. The topological polar surface area (TPSA) is 18.5 Å². The molecule has 2 atom stereocenters. The fourth-order valence-electron chi connectivity index (χ4n) is 5.37. The first-order chi connectivity index (χ1) is 13.8. The summed E-state index contributed by atoms with van der Waals surface area (Å²) in [5.41, 5.74) is 4.75. The molecule has 2 unspecified atom stereocenters. The van der Waals surface area contributed by atoms with Crippen molar-refractivity contribution in [3.8, 4) is 0 Å². The summed E-state index contributed by atoms with van der Waals surface area (Å²) in [6.07, 6.45) is 7.34. The summed E-state index contributed by atoms with van der Waals surface area (Å²) in [7, 11) is 0. The number of piperidine rings is 1. The summed E-state index contributed by atoms with van der Waals surface area (Å²) in [6, 6.07) is 8.28. The number of likely N-dealkylation sites (tertiary alicyclic amines) is 1. The van der Waals surface area contributed by atoms with Crippen LogP contribution in [0.4, 0.5) is 0 Å². The van der Waals surface area contributed by atoms with Crippen LogP contribution in [0.2, 0.25) is 5.02 Å². The molecule has 1 aromatic carbocycles. The van der Waals surface area contributed by atoms with Gasteiger partial charge in [0.05, 0.1) is 6.04 Å². The predicted molar refractivity (Wildman–Crippen MR) is 124 cm³/mol. The van der Waals surface area contributed by atoms with Gasteiger partial charge in [-0.25, -0.2) is 0 Å². The highest BCUT2D eigenvalue weighted by molar-refractivity contribution is 6.30.